The summed E-state index contributed by atoms with van der Waals surface area (Å²) in [5.41, 5.74) is -0.000579. The monoisotopic (exact) mass is 136 g/mol. The van der Waals surface area contributed by atoms with Crippen LogP contribution in [0.3, 0.4) is 0 Å². The molecule has 0 saturated heterocycles. The SMILES string of the molecule is C#CC1(O)CCCC=C1C. The van der Waals surface area contributed by atoms with E-state index >= 15 is 0 Å². The summed E-state index contributed by atoms with van der Waals surface area (Å²) in [6, 6.07) is 0. The van der Waals surface area contributed by atoms with E-state index in [2.05, 4.69) is 5.92 Å². The third-order valence-corrected chi connectivity index (χ3v) is 2.08. The molecule has 0 bridgehead atoms. The van der Waals surface area contributed by atoms with Crippen LogP contribution in [-0.4, -0.2) is 10.7 Å². The van der Waals surface area contributed by atoms with Crippen molar-refractivity contribution >= 4 is 0 Å². The molecule has 1 atom stereocenters. The van der Waals surface area contributed by atoms with Gasteiger partial charge in [0.2, 0.25) is 0 Å². The summed E-state index contributed by atoms with van der Waals surface area (Å²) in [4.78, 5) is 0. The van der Waals surface area contributed by atoms with Gasteiger partial charge < -0.3 is 5.11 Å². The van der Waals surface area contributed by atoms with Gasteiger partial charge in [-0.1, -0.05) is 12.0 Å². The van der Waals surface area contributed by atoms with Gasteiger partial charge in [-0.05, 0) is 31.8 Å². The van der Waals surface area contributed by atoms with E-state index in [9.17, 15) is 5.11 Å². The third kappa shape index (κ3) is 1.08. The largest absolute Gasteiger partial charge is 0.374 e. The summed E-state index contributed by atoms with van der Waals surface area (Å²) in [6.45, 7) is 1.89. The molecule has 0 aromatic heterocycles. The van der Waals surface area contributed by atoms with Gasteiger partial charge in [0.15, 0.2) is 0 Å². The van der Waals surface area contributed by atoms with Crippen LogP contribution in [0, 0.1) is 12.3 Å². The summed E-state index contributed by atoms with van der Waals surface area (Å²) < 4.78 is 0. The van der Waals surface area contributed by atoms with Crippen molar-refractivity contribution in [3.63, 3.8) is 0 Å². The fourth-order valence-corrected chi connectivity index (χ4v) is 1.23. The first kappa shape index (κ1) is 7.37. The number of allylic oxidation sites excluding steroid dienone is 1. The summed E-state index contributed by atoms with van der Waals surface area (Å²) in [7, 11) is 0. The Labute approximate surface area is 61.8 Å². The first-order valence-electron chi connectivity index (χ1n) is 3.56. The highest BCUT2D eigenvalue weighted by Crippen LogP contribution is 2.27. The molecule has 0 saturated carbocycles. The van der Waals surface area contributed by atoms with Crippen molar-refractivity contribution in [2.45, 2.75) is 31.8 Å². The molecule has 0 spiro atoms. The zero-order valence-corrected chi connectivity index (χ0v) is 6.22. The van der Waals surface area contributed by atoms with Gasteiger partial charge in [-0.15, -0.1) is 6.42 Å². The van der Waals surface area contributed by atoms with Gasteiger partial charge in [-0.25, -0.2) is 0 Å². The molecule has 0 aromatic rings. The first-order valence-corrected chi connectivity index (χ1v) is 3.56. The second-order valence-corrected chi connectivity index (χ2v) is 2.78. The third-order valence-electron chi connectivity index (χ3n) is 2.08. The molecule has 0 radical (unpaired) electrons. The molecule has 1 N–H and O–H groups in total. The number of aliphatic hydroxyl groups is 1. The molecule has 1 nitrogen and oxygen atoms in total. The summed E-state index contributed by atoms with van der Waals surface area (Å²) >= 11 is 0. The molecule has 1 heteroatoms. The number of rotatable bonds is 0. The Bertz CT molecular complexity index is 197. The second kappa shape index (κ2) is 2.48. The van der Waals surface area contributed by atoms with Gasteiger partial charge in [0.05, 0.1) is 0 Å². The Hall–Kier alpha value is -0.740. The van der Waals surface area contributed by atoms with E-state index in [1.165, 1.54) is 0 Å². The summed E-state index contributed by atoms with van der Waals surface area (Å²) in [5.74, 6) is 2.42. The van der Waals surface area contributed by atoms with Crippen molar-refractivity contribution in [2.24, 2.45) is 0 Å². The van der Waals surface area contributed by atoms with Gasteiger partial charge in [0.25, 0.3) is 0 Å². The maximum atomic E-state index is 9.64. The first-order chi connectivity index (χ1) is 4.69. The highest BCUT2D eigenvalue weighted by molar-refractivity contribution is 5.28. The maximum absolute atomic E-state index is 9.64. The molecular formula is C9H12O. The summed E-state index contributed by atoms with van der Waals surface area (Å²) in [5, 5.41) is 9.64. The molecule has 1 unspecified atom stereocenters. The number of terminal acetylenes is 1. The lowest BCUT2D eigenvalue weighted by Gasteiger charge is -2.26. The van der Waals surface area contributed by atoms with Crippen molar-refractivity contribution in [1.82, 2.24) is 0 Å². The number of hydrogen-bond acceptors (Lipinski definition) is 1. The Morgan fingerprint density at radius 1 is 1.80 bits per heavy atom. The molecule has 1 aliphatic carbocycles. The van der Waals surface area contributed by atoms with Crippen LogP contribution in [0.25, 0.3) is 0 Å². The van der Waals surface area contributed by atoms with Crippen molar-refractivity contribution in [3.05, 3.63) is 11.6 Å². The van der Waals surface area contributed by atoms with Crippen LogP contribution in [0.4, 0.5) is 0 Å². The predicted octanol–water partition coefficient (Wildman–Crippen LogP) is 1.48. The molecule has 0 fully saturated rings. The van der Waals surface area contributed by atoms with Crippen LogP contribution < -0.4 is 0 Å². The van der Waals surface area contributed by atoms with Gasteiger partial charge in [0.1, 0.15) is 5.60 Å². The van der Waals surface area contributed by atoms with Gasteiger partial charge in [0, 0.05) is 0 Å². The van der Waals surface area contributed by atoms with E-state index in [1.807, 2.05) is 13.0 Å². The molecule has 1 rings (SSSR count). The molecule has 10 heavy (non-hydrogen) atoms. The van der Waals surface area contributed by atoms with E-state index in [0.29, 0.717) is 6.42 Å². The average molecular weight is 136 g/mol. The minimum absolute atomic E-state index is 0.714. The van der Waals surface area contributed by atoms with Gasteiger partial charge in [-0.3, -0.25) is 0 Å². The van der Waals surface area contributed by atoms with Crippen molar-refractivity contribution < 1.29 is 5.11 Å². The molecule has 1 aliphatic rings. The molecule has 0 heterocycles. The second-order valence-electron chi connectivity index (χ2n) is 2.78. The fourth-order valence-electron chi connectivity index (χ4n) is 1.23. The number of hydrogen-bond donors (Lipinski definition) is 1. The van der Waals surface area contributed by atoms with Crippen LogP contribution in [0.5, 0.6) is 0 Å². The Kier molecular flexibility index (Phi) is 1.82. The molecule has 0 amide bonds. The molecule has 0 aliphatic heterocycles. The lowest BCUT2D eigenvalue weighted by atomic mass is 9.85. The highest BCUT2D eigenvalue weighted by Gasteiger charge is 2.27. The smallest absolute Gasteiger partial charge is 0.146 e. The quantitative estimate of drug-likeness (QED) is 0.395. The predicted molar refractivity (Wildman–Crippen MR) is 41.4 cm³/mol. The Balaban J connectivity index is 2.87. The van der Waals surface area contributed by atoms with E-state index in [0.717, 1.165) is 18.4 Å². The maximum Gasteiger partial charge on any atom is 0.146 e. The topological polar surface area (TPSA) is 20.2 Å². The fraction of sp³-hybridized carbons (Fsp3) is 0.556. The Morgan fingerprint density at radius 3 is 2.90 bits per heavy atom. The van der Waals surface area contributed by atoms with Crippen LogP contribution >= 0.6 is 0 Å². The lowest BCUT2D eigenvalue weighted by molar-refractivity contribution is 0.122. The van der Waals surface area contributed by atoms with E-state index < -0.39 is 5.60 Å². The lowest BCUT2D eigenvalue weighted by Crippen LogP contribution is -2.29. The van der Waals surface area contributed by atoms with Crippen LogP contribution in [0.2, 0.25) is 0 Å². The van der Waals surface area contributed by atoms with Crippen LogP contribution in [0.15, 0.2) is 11.6 Å². The molecule has 54 valence electrons. The van der Waals surface area contributed by atoms with Gasteiger partial charge >= 0.3 is 0 Å². The van der Waals surface area contributed by atoms with E-state index in [1.54, 1.807) is 0 Å². The minimum atomic E-state index is -0.932. The van der Waals surface area contributed by atoms with E-state index in [4.69, 9.17) is 6.42 Å². The van der Waals surface area contributed by atoms with Crippen LogP contribution in [0.1, 0.15) is 26.2 Å². The van der Waals surface area contributed by atoms with E-state index in [-0.39, 0.29) is 0 Å². The van der Waals surface area contributed by atoms with Crippen molar-refractivity contribution in [3.8, 4) is 12.3 Å². The van der Waals surface area contributed by atoms with Crippen LogP contribution in [-0.2, 0) is 0 Å². The standard InChI is InChI=1S/C9H12O/c1-3-9(10)7-5-4-6-8(9)2/h1,6,10H,4-5,7H2,2H3. The average Bonchev–Trinajstić information content (AvgIpc) is 1.96. The van der Waals surface area contributed by atoms with Crippen molar-refractivity contribution in [1.29, 1.82) is 0 Å². The van der Waals surface area contributed by atoms with Crippen molar-refractivity contribution in [2.75, 3.05) is 0 Å². The van der Waals surface area contributed by atoms with Gasteiger partial charge in [-0.2, -0.15) is 0 Å². The minimum Gasteiger partial charge on any atom is -0.374 e. The highest BCUT2D eigenvalue weighted by atomic mass is 16.3. The molecule has 0 aromatic carbocycles. The zero-order valence-electron chi connectivity index (χ0n) is 6.22. The molecular weight excluding hydrogens is 124 g/mol. The zero-order chi connectivity index (χ0) is 7.61. The normalized spacial score (nSPS) is 32.7. The Morgan fingerprint density at radius 2 is 2.50 bits per heavy atom. The summed E-state index contributed by atoms with van der Waals surface area (Å²) in [6.07, 6.45) is 9.97.